The van der Waals surface area contributed by atoms with Crippen molar-refractivity contribution in [2.24, 2.45) is 19.1 Å². The van der Waals surface area contributed by atoms with Crippen LogP contribution in [0.5, 0.6) is 17.2 Å². The van der Waals surface area contributed by atoms with Crippen molar-refractivity contribution in [1.29, 1.82) is 0 Å². The Kier molecular flexibility index (Phi) is 6.24. The lowest BCUT2D eigenvalue weighted by atomic mass is 10.1. The summed E-state index contributed by atoms with van der Waals surface area (Å²) >= 11 is 0. The van der Waals surface area contributed by atoms with Crippen LogP contribution in [0.15, 0.2) is 40.1 Å². The second kappa shape index (κ2) is 8.71. The number of aryl methyl sites for hydroxylation is 3. The predicted octanol–water partition coefficient (Wildman–Crippen LogP) is 3.57. The molecule has 2 aromatic carbocycles. The average molecular weight is 424 g/mol. The highest BCUT2D eigenvalue weighted by molar-refractivity contribution is 5.69. The second-order valence-electron chi connectivity index (χ2n) is 7.56. The van der Waals surface area contributed by atoms with Crippen LogP contribution in [0.2, 0.25) is 0 Å². The fraction of sp³-hybridized carbons (Fsp3) is 0.333. The van der Waals surface area contributed by atoms with Crippen molar-refractivity contribution in [3.05, 3.63) is 63.0 Å². The topological polar surface area (TPSA) is 67.0 Å². The van der Waals surface area contributed by atoms with Crippen molar-refractivity contribution in [2.45, 2.75) is 20.8 Å². The van der Waals surface area contributed by atoms with Crippen LogP contribution in [-0.2, 0) is 14.1 Å². The Hall–Kier alpha value is -3.48. The molecular weight excluding hydrogens is 394 g/mol. The van der Waals surface area contributed by atoms with Crippen LogP contribution < -0.4 is 25.4 Å². The van der Waals surface area contributed by atoms with Crippen molar-refractivity contribution < 1.29 is 14.2 Å². The molecule has 31 heavy (non-hydrogen) atoms. The fourth-order valence-electron chi connectivity index (χ4n) is 3.82. The number of ether oxygens (including phenoxy) is 3. The van der Waals surface area contributed by atoms with Crippen LogP contribution in [0, 0.1) is 20.8 Å². The third-order valence-corrected chi connectivity index (χ3v) is 5.37. The van der Waals surface area contributed by atoms with Crippen LogP contribution in [0.25, 0.3) is 11.3 Å². The Balaban J connectivity index is 2.33. The maximum atomic E-state index is 13.0. The van der Waals surface area contributed by atoms with Crippen molar-refractivity contribution in [3.63, 3.8) is 0 Å². The van der Waals surface area contributed by atoms with Crippen LogP contribution in [0.1, 0.15) is 16.7 Å². The first-order valence-corrected chi connectivity index (χ1v) is 9.91. The Morgan fingerprint density at radius 1 is 0.774 bits per heavy atom. The number of rotatable bonds is 5. The number of methoxy groups -OCH3 is 3. The van der Waals surface area contributed by atoms with Gasteiger partial charge in [0.25, 0.3) is 0 Å². The van der Waals surface area contributed by atoms with Crippen LogP contribution in [0.4, 0.5) is 5.69 Å². The molecule has 0 N–H and O–H groups in total. The molecule has 0 amide bonds. The van der Waals surface area contributed by atoms with Crippen LogP contribution in [0.3, 0.4) is 0 Å². The Labute approximate surface area is 182 Å². The van der Waals surface area contributed by atoms with Gasteiger partial charge in [-0.15, -0.1) is 0 Å². The number of hydrogen-bond donors (Lipinski definition) is 0. The van der Waals surface area contributed by atoms with E-state index < -0.39 is 0 Å². The minimum atomic E-state index is -0.188. The molecule has 0 fully saturated rings. The quantitative estimate of drug-likeness (QED) is 0.629. The van der Waals surface area contributed by atoms with Gasteiger partial charge in [-0.2, -0.15) is 0 Å². The molecule has 0 radical (unpaired) electrons. The highest BCUT2D eigenvalue weighted by Crippen LogP contribution is 2.40. The molecule has 7 nitrogen and oxygen atoms in total. The lowest BCUT2D eigenvalue weighted by molar-refractivity contribution is 0.324. The van der Waals surface area contributed by atoms with E-state index in [2.05, 4.69) is 19.1 Å². The first-order valence-electron chi connectivity index (χ1n) is 9.91. The van der Waals surface area contributed by atoms with Crippen molar-refractivity contribution in [2.75, 3.05) is 21.3 Å². The van der Waals surface area contributed by atoms with Gasteiger partial charge in [0.05, 0.1) is 32.7 Å². The van der Waals surface area contributed by atoms with E-state index in [9.17, 15) is 4.79 Å². The summed E-state index contributed by atoms with van der Waals surface area (Å²) in [4.78, 5) is 17.9. The molecule has 7 heteroatoms. The van der Waals surface area contributed by atoms with Crippen molar-refractivity contribution in [3.8, 4) is 28.5 Å². The summed E-state index contributed by atoms with van der Waals surface area (Å²) in [6, 6.07) is 9.71. The van der Waals surface area contributed by atoms with E-state index in [4.69, 9.17) is 19.2 Å². The Bertz CT molecular complexity index is 1220. The van der Waals surface area contributed by atoms with Gasteiger partial charge in [-0.25, -0.2) is 9.79 Å². The summed E-state index contributed by atoms with van der Waals surface area (Å²) in [5.41, 5.74) is 5.98. The fourth-order valence-corrected chi connectivity index (χ4v) is 3.82. The number of nitrogens with zero attached hydrogens (tertiary/aromatic N) is 3. The SMILES string of the molecule is COc1cc(-c2cc(=Nc3c(C)cc(C)cc3C)n(C)c(=O)n2C)cc(OC)c1OC. The van der Waals surface area contributed by atoms with Gasteiger partial charge in [0, 0.05) is 25.7 Å². The molecule has 1 aromatic heterocycles. The zero-order valence-corrected chi connectivity index (χ0v) is 19.4. The van der Waals surface area contributed by atoms with E-state index in [0.717, 1.165) is 22.4 Å². The van der Waals surface area contributed by atoms with E-state index in [-0.39, 0.29) is 5.69 Å². The standard InChI is InChI=1S/C24H29N3O4/c1-14-9-15(2)22(16(3)10-14)25-21-13-18(26(4)24(28)27(21)5)17-11-19(29-6)23(31-8)20(12-17)30-7/h9-13H,1-8H3. The van der Waals surface area contributed by atoms with E-state index in [1.54, 1.807) is 44.6 Å². The first kappa shape index (κ1) is 22.2. The third kappa shape index (κ3) is 4.08. The molecule has 0 aliphatic carbocycles. The molecular formula is C24H29N3O4. The minimum absolute atomic E-state index is 0.188. The molecule has 0 spiro atoms. The van der Waals surface area contributed by atoms with Gasteiger partial charge in [-0.05, 0) is 44.0 Å². The molecule has 0 saturated heterocycles. The Morgan fingerprint density at radius 3 is 1.81 bits per heavy atom. The second-order valence-corrected chi connectivity index (χ2v) is 7.56. The highest BCUT2D eigenvalue weighted by Gasteiger charge is 2.16. The van der Waals surface area contributed by atoms with Gasteiger partial charge in [0.2, 0.25) is 5.75 Å². The molecule has 0 unspecified atom stereocenters. The molecule has 3 aromatic rings. The number of hydrogen-bond acceptors (Lipinski definition) is 5. The Morgan fingerprint density at radius 2 is 1.32 bits per heavy atom. The van der Waals surface area contributed by atoms with E-state index in [1.165, 1.54) is 5.56 Å². The molecule has 0 bridgehead atoms. The predicted molar refractivity (Wildman–Crippen MR) is 122 cm³/mol. The summed E-state index contributed by atoms with van der Waals surface area (Å²) in [6.45, 7) is 6.12. The van der Waals surface area contributed by atoms with Crippen molar-refractivity contribution in [1.82, 2.24) is 9.13 Å². The lowest BCUT2D eigenvalue weighted by Gasteiger charge is -2.16. The van der Waals surface area contributed by atoms with Gasteiger partial charge in [0.15, 0.2) is 11.5 Å². The summed E-state index contributed by atoms with van der Waals surface area (Å²) in [5.74, 6) is 1.53. The summed E-state index contributed by atoms with van der Waals surface area (Å²) in [7, 11) is 8.14. The van der Waals surface area contributed by atoms with Crippen LogP contribution in [-0.4, -0.2) is 30.5 Å². The third-order valence-electron chi connectivity index (χ3n) is 5.37. The molecule has 0 aliphatic heterocycles. The monoisotopic (exact) mass is 423 g/mol. The average Bonchev–Trinajstić information content (AvgIpc) is 2.74. The van der Waals surface area contributed by atoms with E-state index in [1.807, 2.05) is 32.0 Å². The summed E-state index contributed by atoms with van der Waals surface area (Å²) in [5, 5.41) is 0. The zero-order valence-electron chi connectivity index (χ0n) is 19.4. The van der Waals surface area contributed by atoms with Gasteiger partial charge < -0.3 is 14.2 Å². The van der Waals surface area contributed by atoms with Crippen LogP contribution >= 0.6 is 0 Å². The van der Waals surface area contributed by atoms with E-state index >= 15 is 0 Å². The van der Waals surface area contributed by atoms with Gasteiger partial charge in [-0.1, -0.05) is 17.7 Å². The minimum Gasteiger partial charge on any atom is -0.493 e. The maximum Gasteiger partial charge on any atom is 0.329 e. The zero-order chi connectivity index (χ0) is 22.9. The first-order chi connectivity index (χ1) is 14.7. The molecule has 0 aliphatic rings. The van der Waals surface area contributed by atoms with Crippen molar-refractivity contribution >= 4 is 5.69 Å². The normalized spacial score (nSPS) is 11.5. The van der Waals surface area contributed by atoms with Gasteiger partial charge in [0.1, 0.15) is 5.49 Å². The van der Waals surface area contributed by atoms with E-state index in [0.29, 0.717) is 28.4 Å². The smallest absolute Gasteiger partial charge is 0.329 e. The largest absolute Gasteiger partial charge is 0.493 e. The summed E-state index contributed by atoms with van der Waals surface area (Å²) < 4.78 is 19.5. The number of aromatic nitrogens is 2. The molecule has 164 valence electrons. The highest BCUT2D eigenvalue weighted by atomic mass is 16.5. The molecule has 1 heterocycles. The maximum absolute atomic E-state index is 13.0. The number of benzene rings is 2. The molecule has 0 atom stereocenters. The van der Waals surface area contributed by atoms with Gasteiger partial charge >= 0.3 is 5.69 Å². The van der Waals surface area contributed by atoms with Gasteiger partial charge in [-0.3, -0.25) is 9.13 Å². The molecule has 0 saturated carbocycles. The molecule has 3 rings (SSSR count). The lowest BCUT2D eigenvalue weighted by Crippen LogP contribution is -2.37. The summed E-state index contributed by atoms with van der Waals surface area (Å²) in [6.07, 6.45) is 0.